The van der Waals surface area contributed by atoms with E-state index in [9.17, 15) is 4.39 Å². The monoisotopic (exact) mass is 358 g/mol. The Labute approximate surface area is 152 Å². The smallest absolute Gasteiger partial charge is 0.227 e. The van der Waals surface area contributed by atoms with Crippen LogP contribution in [0.15, 0.2) is 30.5 Å². The number of nitrogens with zero attached hydrogens (tertiary/aromatic N) is 3. The Bertz CT molecular complexity index is 746. The summed E-state index contributed by atoms with van der Waals surface area (Å²) in [6, 6.07) is 7.10. The first-order valence-electron chi connectivity index (χ1n) is 9.09. The van der Waals surface area contributed by atoms with Gasteiger partial charge in [0.15, 0.2) is 0 Å². The van der Waals surface area contributed by atoms with Crippen LogP contribution in [0.2, 0.25) is 0 Å². The van der Waals surface area contributed by atoms with Gasteiger partial charge in [-0.2, -0.15) is 0 Å². The zero-order chi connectivity index (χ0) is 17.8. The standard InChI is InChI=1S/C19H23FN4O2/c20-16-13-15(1-2-18(16)24-7-11-26-12-8-24)22-19-21-6-3-17(23-19)14-4-9-25-10-5-14/h1-3,6,13-14H,4-5,7-12H2,(H,21,22,23). The van der Waals surface area contributed by atoms with Crippen molar-refractivity contribution in [1.82, 2.24) is 9.97 Å². The highest BCUT2D eigenvalue weighted by atomic mass is 19.1. The summed E-state index contributed by atoms with van der Waals surface area (Å²) in [5.74, 6) is 0.637. The molecule has 0 amide bonds. The largest absolute Gasteiger partial charge is 0.381 e. The lowest BCUT2D eigenvalue weighted by Gasteiger charge is -2.29. The molecular formula is C19H23FN4O2. The second-order valence-corrected chi connectivity index (χ2v) is 6.58. The van der Waals surface area contributed by atoms with E-state index in [0.717, 1.165) is 31.7 Å². The minimum atomic E-state index is -0.252. The van der Waals surface area contributed by atoms with Gasteiger partial charge in [0.1, 0.15) is 5.82 Å². The molecule has 0 spiro atoms. The normalized spacial score (nSPS) is 18.7. The minimum absolute atomic E-state index is 0.252. The molecule has 0 bridgehead atoms. The molecule has 0 saturated carbocycles. The van der Waals surface area contributed by atoms with Crippen LogP contribution in [-0.4, -0.2) is 49.5 Å². The molecule has 3 heterocycles. The first kappa shape index (κ1) is 17.2. The molecule has 0 unspecified atom stereocenters. The Morgan fingerprint density at radius 2 is 1.81 bits per heavy atom. The number of ether oxygens (including phenoxy) is 2. The van der Waals surface area contributed by atoms with E-state index in [1.807, 2.05) is 17.0 Å². The summed E-state index contributed by atoms with van der Waals surface area (Å²) in [6.07, 6.45) is 3.69. The van der Waals surface area contributed by atoms with E-state index >= 15 is 0 Å². The van der Waals surface area contributed by atoms with Crippen LogP contribution in [0.4, 0.5) is 21.7 Å². The number of anilines is 3. The Kier molecular flexibility index (Phi) is 5.26. The molecule has 2 aromatic rings. The summed E-state index contributed by atoms with van der Waals surface area (Å²) in [6.45, 7) is 4.22. The number of hydrogen-bond donors (Lipinski definition) is 1. The van der Waals surface area contributed by atoms with E-state index in [4.69, 9.17) is 9.47 Å². The van der Waals surface area contributed by atoms with Gasteiger partial charge in [-0.05, 0) is 37.1 Å². The molecule has 0 radical (unpaired) electrons. The molecule has 2 aliphatic rings. The predicted octanol–water partition coefficient (Wildman–Crippen LogP) is 3.09. The summed E-state index contributed by atoms with van der Waals surface area (Å²) in [5.41, 5.74) is 2.26. The van der Waals surface area contributed by atoms with E-state index in [1.165, 1.54) is 6.07 Å². The van der Waals surface area contributed by atoms with Crippen LogP contribution in [0.3, 0.4) is 0 Å². The average Bonchev–Trinajstić information content (AvgIpc) is 2.70. The third-order valence-corrected chi connectivity index (χ3v) is 4.87. The van der Waals surface area contributed by atoms with Crippen LogP contribution >= 0.6 is 0 Å². The van der Waals surface area contributed by atoms with E-state index in [2.05, 4.69) is 15.3 Å². The maximum atomic E-state index is 14.5. The van der Waals surface area contributed by atoms with Gasteiger partial charge >= 0.3 is 0 Å². The van der Waals surface area contributed by atoms with Crippen LogP contribution in [0.5, 0.6) is 0 Å². The van der Waals surface area contributed by atoms with E-state index in [1.54, 1.807) is 12.3 Å². The van der Waals surface area contributed by atoms with Gasteiger partial charge in [-0.15, -0.1) is 0 Å². The predicted molar refractivity (Wildman–Crippen MR) is 97.5 cm³/mol. The third-order valence-electron chi connectivity index (χ3n) is 4.87. The van der Waals surface area contributed by atoms with Gasteiger partial charge in [0.05, 0.1) is 18.9 Å². The molecule has 1 aromatic carbocycles. The average molecular weight is 358 g/mol. The van der Waals surface area contributed by atoms with Crippen LogP contribution in [-0.2, 0) is 9.47 Å². The zero-order valence-corrected chi connectivity index (χ0v) is 14.7. The lowest BCUT2D eigenvalue weighted by Crippen LogP contribution is -2.36. The first-order chi connectivity index (χ1) is 12.8. The van der Waals surface area contributed by atoms with Crippen LogP contribution in [0.1, 0.15) is 24.5 Å². The van der Waals surface area contributed by atoms with Gasteiger partial charge in [0.2, 0.25) is 5.95 Å². The SMILES string of the molecule is Fc1cc(Nc2nccc(C3CCOCC3)n2)ccc1N1CCOCC1. The minimum Gasteiger partial charge on any atom is -0.381 e. The second-order valence-electron chi connectivity index (χ2n) is 6.58. The quantitative estimate of drug-likeness (QED) is 0.906. The summed E-state index contributed by atoms with van der Waals surface area (Å²) in [5, 5.41) is 3.12. The van der Waals surface area contributed by atoms with E-state index in [0.29, 0.717) is 49.5 Å². The van der Waals surface area contributed by atoms with Crippen molar-refractivity contribution < 1.29 is 13.9 Å². The Hall–Kier alpha value is -2.25. The fourth-order valence-electron chi connectivity index (χ4n) is 3.43. The molecule has 1 N–H and O–H groups in total. The molecule has 26 heavy (non-hydrogen) atoms. The molecule has 4 rings (SSSR count). The van der Waals surface area contributed by atoms with Gasteiger partial charge < -0.3 is 19.7 Å². The fourth-order valence-corrected chi connectivity index (χ4v) is 3.43. The first-order valence-corrected chi connectivity index (χ1v) is 9.09. The van der Waals surface area contributed by atoms with Crippen LogP contribution < -0.4 is 10.2 Å². The molecule has 2 saturated heterocycles. The summed E-state index contributed by atoms with van der Waals surface area (Å²) < 4.78 is 25.3. The lowest BCUT2D eigenvalue weighted by atomic mass is 9.96. The van der Waals surface area contributed by atoms with Gasteiger partial charge in [0.25, 0.3) is 0 Å². The van der Waals surface area contributed by atoms with Crippen LogP contribution in [0.25, 0.3) is 0 Å². The number of hydrogen-bond acceptors (Lipinski definition) is 6. The molecule has 0 aliphatic carbocycles. The number of benzene rings is 1. The Balaban J connectivity index is 1.47. The Morgan fingerprint density at radius 1 is 1.04 bits per heavy atom. The molecule has 2 fully saturated rings. The second kappa shape index (κ2) is 7.97. The highest BCUT2D eigenvalue weighted by Crippen LogP contribution is 2.27. The number of nitrogens with one attached hydrogen (secondary N) is 1. The van der Waals surface area contributed by atoms with Gasteiger partial charge in [-0.25, -0.2) is 14.4 Å². The molecular weight excluding hydrogens is 335 g/mol. The number of morpholine rings is 1. The maximum Gasteiger partial charge on any atom is 0.227 e. The number of aromatic nitrogens is 2. The fraction of sp³-hybridized carbons (Fsp3) is 0.474. The zero-order valence-electron chi connectivity index (χ0n) is 14.7. The third kappa shape index (κ3) is 3.94. The molecule has 1 aromatic heterocycles. The molecule has 138 valence electrons. The van der Waals surface area contributed by atoms with Crippen LogP contribution in [0, 0.1) is 5.82 Å². The van der Waals surface area contributed by atoms with Crippen molar-refractivity contribution in [3.05, 3.63) is 42.0 Å². The molecule has 0 atom stereocenters. The van der Waals surface area contributed by atoms with Crippen molar-refractivity contribution in [3.8, 4) is 0 Å². The van der Waals surface area contributed by atoms with E-state index in [-0.39, 0.29) is 5.82 Å². The summed E-state index contributed by atoms with van der Waals surface area (Å²) in [4.78, 5) is 10.9. The van der Waals surface area contributed by atoms with Crippen molar-refractivity contribution in [2.45, 2.75) is 18.8 Å². The summed E-state index contributed by atoms with van der Waals surface area (Å²) in [7, 11) is 0. The topological polar surface area (TPSA) is 59.5 Å². The van der Waals surface area contributed by atoms with Gasteiger partial charge in [-0.3, -0.25) is 0 Å². The van der Waals surface area contributed by atoms with Gasteiger partial charge in [0, 0.05) is 49.8 Å². The highest BCUT2D eigenvalue weighted by Gasteiger charge is 2.18. The van der Waals surface area contributed by atoms with Crippen molar-refractivity contribution in [3.63, 3.8) is 0 Å². The van der Waals surface area contributed by atoms with Crippen molar-refractivity contribution in [1.29, 1.82) is 0 Å². The number of halogens is 1. The van der Waals surface area contributed by atoms with E-state index < -0.39 is 0 Å². The Morgan fingerprint density at radius 3 is 2.58 bits per heavy atom. The number of rotatable bonds is 4. The summed E-state index contributed by atoms with van der Waals surface area (Å²) >= 11 is 0. The molecule has 6 nitrogen and oxygen atoms in total. The highest BCUT2D eigenvalue weighted by molar-refractivity contribution is 5.60. The van der Waals surface area contributed by atoms with Crippen molar-refractivity contribution in [2.75, 3.05) is 49.7 Å². The van der Waals surface area contributed by atoms with Crippen molar-refractivity contribution in [2.24, 2.45) is 0 Å². The molecule has 2 aliphatic heterocycles. The van der Waals surface area contributed by atoms with Crippen molar-refractivity contribution >= 4 is 17.3 Å². The lowest BCUT2D eigenvalue weighted by molar-refractivity contribution is 0.0845. The van der Waals surface area contributed by atoms with Gasteiger partial charge in [-0.1, -0.05) is 0 Å². The maximum absolute atomic E-state index is 14.5. The molecule has 7 heteroatoms.